The lowest BCUT2D eigenvalue weighted by atomic mass is 10.1. The van der Waals surface area contributed by atoms with Crippen molar-refractivity contribution in [3.8, 4) is 0 Å². The van der Waals surface area contributed by atoms with Crippen molar-refractivity contribution in [2.75, 3.05) is 23.3 Å². The second-order valence-corrected chi connectivity index (χ2v) is 6.16. The molecule has 0 saturated carbocycles. The summed E-state index contributed by atoms with van der Waals surface area (Å²) >= 11 is 0. The number of aryl methyl sites for hydroxylation is 2. The highest BCUT2D eigenvalue weighted by Crippen LogP contribution is 2.18. The number of hydrogen-bond donors (Lipinski definition) is 1. The van der Waals surface area contributed by atoms with Crippen molar-refractivity contribution >= 4 is 17.4 Å². The largest absolute Gasteiger partial charge is 0.357 e. The third-order valence-corrected chi connectivity index (χ3v) is 3.95. The molecule has 2 aromatic rings. The first kappa shape index (κ1) is 18.0. The van der Waals surface area contributed by atoms with Crippen LogP contribution in [0.4, 0.5) is 11.5 Å². The summed E-state index contributed by atoms with van der Waals surface area (Å²) in [5, 5.41) is 2.96. The van der Waals surface area contributed by atoms with E-state index in [0.717, 1.165) is 43.0 Å². The summed E-state index contributed by atoms with van der Waals surface area (Å²) < 4.78 is 0. The zero-order valence-electron chi connectivity index (χ0n) is 15.1. The Morgan fingerprint density at radius 1 is 1.08 bits per heavy atom. The average molecular weight is 325 g/mol. The summed E-state index contributed by atoms with van der Waals surface area (Å²) in [6.45, 7) is 10.3. The zero-order valence-corrected chi connectivity index (χ0v) is 15.1. The molecule has 4 heteroatoms. The molecule has 1 aromatic carbocycles. The summed E-state index contributed by atoms with van der Waals surface area (Å²) in [5.41, 5.74) is 3.66. The van der Waals surface area contributed by atoms with Crippen LogP contribution in [0.1, 0.15) is 48.2 Å². The fourth-order valence-corrected chi connectivity index (χ4v) is 2.74. The van der Waals surface area contributed by atoms with Crippen LogP contribution in [-0.2, 0) is 0 Å². The van der Waals surface area contributed by atoms with Crippen LogP contribution in [0.2, 0.25) is 0 Å². The molecule has 1 N–H and O–H groups in total. The Kier molecular flexibility index (Phi) is 6.36. The Morgan fingerprint density at radius 2 is 1.79 bits per heavy atom. The van der Waals surface area contributed by atoms with Gasteiger partial charge in [-0.2, -0.15) is 0 Å². The van der Waals surface area contributed by atoms with Crippen molar-refractivity contribution < 1.29 is 4.79 Å². The van der Waals surface area contributed by atoms with Gasteiger partial charge < -0.3 is 10.2 Å². The summed E-state index contributed by atoms with van der Waals surface area (Å²) in [4.78, 5) is 19.2. The first-order valence-corrected chi connectivity index (χ1v) is 8.64. The lowest BCUT2D eigenvalue weighted by molar-refractivity contribution is 0.102. The van der Waals surface area contributed by atoms with Crippen LogP contribution in [0.15, 0.2) is 36.5 Å². The number of aromatic nitrogens is 1. The highest BCUT2D eigenvalue weighted by molar-refractivity contribution is 6.04. The molecule has 1 aromatic heterocycles. The lowest BCUT2D eigenvalue weighted by Gasteiger charge is -2.22. The molecule has 1 heterocycles. The normalized spacial score (nSPS) is 10.5. The van der Waals surface area contributed by atoms with E-state index in [1.54, 1.807) is 6.20 Å². The third-order valence-electron chi connectivity index (χ3n) is 3.95. The van der Waals surface area contributed by atoms with E-state index in [9.17, 15) is 4.79 Å². The van der Waals surface area contributed by atoms with Crippen molar-refractivity contribution in [2.24, 2.45) is 0 Å². The SMILES string of the molecule is CCCN(CCC)c1ccc(C(=O)Nc2ccc(C)cc2C)cn1. The molecular weight excluding hydrogens is 298 g/mol. The first-order valence-electron chi connectivity index (χ1n) is 8.64. The van der Waals surface area contributed by atoms with Gasteiger partial charge in [-0.3, -0.25) is 4.79 Å². The molecule has 0 saturated heterocycles. The van der Waals surface area contributed by atoms with E-state index in [2.05, 4.69) is 35.1 Å². The predicted molar refractivity (Wildman–Crippen MR) is 101 cm³/mol. The van der Waals surface area contributed by atoms with Crippen molar-refractivity contribution in [3.63, 3.8) is 0 Å². The number of rotatable bonds is 7. The van der Waals surface area contributed by atoms with Crippen LogP contribution < -0.4 is 10.2 Å². The molecular formula is C20H27N3O. The van der Waals surface area contributed by atoms with Crippen LogP contribution in [0, 0.1) is 13.8 Å². The van der Waals surface area contributed by atoms with E-state index >= 15 is 0 Å². The van der Waals surface area contributed by atoms with E-state index < -0.39 is 0 Å². The fraction of sp³-hybridized carbons (Fsp3) is 0.400. The van der Waals surface area contributed by atoms with Gasteiger partial charge in [0, 0.05) is 25.0 Å². The molecule has 0 aliphatic heterocycles. The minimum atomic E-state index is -0.126. The van der Waals surface area contributed by atoms with Crippen molar-refractivity contribution in [2.45, 2.75) is 40.5 Å². The van der Waals surface area contributed by atoms with E-state index in [4.69, 9.17) is 0 Å². The summed E-state index contributed by atoms with van der Waals surface area (Å²) in [6, 6.07) is 9.78. The Labute approximate surface area is 144 Å². The summed E-state index contributed by atoms with van der Waals surface area (Å²) in [7, 11) is 0. The number of amides is 1. The van der Waals surface area contributed by atoms with Gasteiger partial charge in [0.25, 0.3) is 5.91 Å². The quantitative estimate of drug-likeness (QED) is 0.810. The molecule has 2 rings (SSSR count). The number of nitrogens with one attached hydrogen (secondary N) is 1. The minimum absolute atomic E-state index is 0.126. The molecule has 24 heavy (non-hydrogen) atoms. The maximum absolute atomic E-state index is 12.4. The predicted octanol–water partition coefficient (Wildman–Crippen LogP) is 4.58. The number of nitrogens with zero attached hydrogens (tertiary/aromatic N) is 2. The molecule has 0 atom stereocenters. The Hall–Kier alpha value is -2.36. The van der Waals surface area contributed by atoms with Gasteiger partial charge in [0.2, 0.25) is 0 Å². The lowest BCUT2D eigenvalue weighted by Crippen LogP contribution is -2.26. The highest BCUT2D eigenvalue weighted by atomic mass is 16.1. The molecule has 0 bridgehead atoms. The van der Waals surface area contributed by atoms with Gasteiger partial charge in [-0.15, -0.1) is 0 Å². The molecule has 0 spiro atoms. The Bertz CT molecular complexity index is 674. The highest BCUT2D eigenvalue weighted by Gasteiger charge is 2.11. The van der Waals surface area contributed by atoms with Gasteiger partial charge >= 0.3 is 0 Å². The van der Waals surface area contributed by atoms with Crippen LogP contribution in [0.3, 0.4) is 0 Å². The number of pyridine rings is 1. The van der Waals surface area contributed by atoms with Crippen LogP contribution in [-0.4, -0.2) is 24.0 Å². The van der Waals surface area contributed by atoms with E-state index in [0.29, 0.717) is 5.56 Å². The average Bonchev–Trinajstić information content (AvgIpc) is 2.57. The maximum atomic E-state index is 12.4. The summed E-state index contributed by atoms with van der Waals surface area (Å²) in [5.74, 6) is 0.806. The van der Waals surface area contributed by atoms with Crippen molar-refractivity contribution in [1.29, 1.82) is 0 Å². The number of carbonyl (C=O) groups excluding carboxylic acids is 1. The maximum Gasteiger partial charge on any atom is 0.257 e. The third kappa shape index (κ3) is 4.57. The molecule has 0 unspecified atom stereocenters. The smallest absolute Gasteiger partial charge is 0.257 e. The van der Waals surface area contributed by atoms with E-state index in [-0.39, 0.29) is 5.91 Å². The van der Waals surface area contributed by atoms with Crippen molar-refractivity contribution in [1.82, 2.24) is 4.98 Å². The second-order valence-electron chi connectivity index (χ2n) is 6.16. The van der Waals surface area contributed by atoms with Crippen LogP contribution in [0.5, 0.6) is 0 Å². The first-order chi connectivity index (χ1) is 11.5. The second kappa shape index (κ2) is 8.48. The van der Waals surface area contributed by atoms with Crippen LogP contribution in [0.25, 0.3) is 0 Å². The number of benzene rings is 1. The van der Waals surface area contributed by atoms with Crippen molar-refractivity contribution in [3.05, 3.63) is 53.2 Å². The molecule has 0 aliphatic rings. The van der Waals surface area contributed by atoms with Gasteiger partial charge in [0.05, 0.1) is 5.56 Å². The monoisotopic (exact) mass is 325 g/mol. The molecule has 128 valence electrons. The molecule has 0 radical (unpaired) electrons. The van der Waals surface area contributed by atoms with Crippen LogP contribution >= 0.6 is 0 Å². The standard InChI is InChI=1S/C20H27N3O/c1-5-11-23(12-6-2)19-10-8-17(14-21-19)20(24)22-18-9-7-15(3)13-16(18)4/h7-10,13-14H,5-6,11-12H2,1-4H3,(H,22,24). The van der Waals surface area contributed by atoms with Gasteiger partial charge in [0.15, 0.2) is 0 Å². The van der Waals surface area contributed by atoms with Gasteiger partial charge in [-0.05, 0) is 50.5 Å². The van der Waals surface area contributed by atoms with E-state index in [1.165, 1.54) is 5.56 Å². The summed E-state index contributed by atoms with van der Waals surface area (Å²) in [6.07, 6.45) is 3.82. The Balaban J connectivity index is 2.10. The molecule has 1 amide bonds. The number of carbonyl (C=O) groups is 1. The van der Waals surface area contributed by atoms with Gasteiger partial charge in [0.1, 0.15) is 5.82 Å². The molecule has 4 nitrogen and oxygen atoms in total. The van der Waals surface area contributed by atoms with E-state index in [1.807, 2.05) is 38.1 Å². The zero-order chi connectivity index (χ0) is 17.5. The Morgan fingerprint density at radius 3 is 2.33 bits per heavy atom. The number of hydrogen-bond acceptors (Lipinski definition) is 3. The molecule has 0 fully saturated rings. The van der Waals surface area contributed by atoms with Gasteiger partial charge in [-0.1, -0.05) is 31.5 Å². The fourth-order valence-electron chi connectivity index (χ4n) is 2.74. The number of anilines is 2. The topological polar surface area (TPSA) is 45.2 Å². The van der Waals surface area contributed by atoms with Gasteiger partial charge in [-0.25, -0.2) is 4.98 Å². The minimum Gasteiger partial charge on any atom is -0.357 e. The molecule has 0 aliphatic carbocycles.